The van der Waals surface area contributed by atoms with Crippen molar-refractivity contribution in [2.45, 2.75) is 49.5 Å². The number of carbonyl (C=O) groups excluding carboxylic acids is 1. The maximum absolute atomic E-state index is 12.9. The van der Waals surface area contributed by atoms with Gasteiger partial charge in [-0.1, -0.05) is 18.9 Å². The summed E-state index contributed by atoms with van der Waals surface area (Å²) in [4.78, 5) is 14.9. The number of ether oxygens (including phenoxy) is 1. The number of benzene rings is 1. The van der Waals surface area contributed by atoms with E-state index in [1.54, 1.807) is 12.1 Å². The van der Waals surface area contributed by atoms with E-state index >= 15 is 0 Å². The maximum atomic E-state index is 12.9. The van der Waals surface area contributed by atoms with Crippen LogP contribution in [-0.2, 0) is 14.8 Å². The Bertz CT molecular complexity index is 780. The molecule has 1 unspecified atom stereocenters. The van der Waals surface area contributed by atoms with E-state index in [4.69, 9.17) is 4.74 Å². The van der Waals surface area contributed by atoms with Crippen LogP contribution < -0.4 is 4.72 Å². The van der Waals surface area contributed by atoms with Crippen LogP contribution in [0, 0.1) is 5.41 Å². The van der Waals surface area contributed by atoms with E-state index in [0.717, 1.165) is 19.5 Å². The highest BCUT2D eigenvalue weighted by molar-refractivity contribution is 7.89. The summed E-state index contributed by atoms with van der Waals surface area (Å²) < 4.78 is 33.1. The summed E-state index contributed by atoms with van der Waals surface area (Å²) in [7, 11) is -3.65. The minimum absolute atomic E-state index is 0.0602. The van der Waals surface area contributed by atoms with Crippen LogP contribution in [0.5, 0.6) is 0 Å². The standard InChI is InChI=1S/C19H26N2O4S/c22-18(21-10-9-19(14-21)7-1-2-8-19)15-4-3-5-17(12-15)26(23,24)20-16-6-11-25-13-16/h3-5,12,16,20H,1-2,6-11,13-14H2. The van der Waals surface area contributed by atoms with Gasteiger partial charge in [-0.05, 0) is 49.3 Å². The Kier molecular flexibility index (Phi) is 4.79. The van der Waals surface area contributed by atoms with E-state index in [0.29, 0.717) is 30.6 Å². The summed E-state index contributed by atoms with van der Waals surface area (Å²) in [6, 6.07) is 6.20. The summed E-state index contributed by atoms with van der Waals surface area (Å²) in [6.07, 6.45) is 6.67. The van der Waals surface area contributed by atoms with Crippen LogP contribution in [0.15, 0.2) is 29.2 Å². The summed E-state index contributed by atoms with van der Waals surface area (Å²) in [5, 5.41) is 0. The van der Waals surface area contributed by atoms with Gasteiger partial charge in [0.2, 0.25) is 10.0 Å². The molecule has 142 valence electrons. The molecule has 2 saturated heterocycles. The van der Waals surface area contributed by atoms with Crippen LogP contribution in [0.1, 0.15) is 48.9 Å². The Labute approximate surface area is 155 Å². The van der Waals surface area contributed by atoms with Crippen molar-refractivity contribution in [3.63, 3.8) is 0 Å². The van der Waals surface area contributed by atoms with Crippen LogP contribution >= 0.6 is 0 Å². The number of nitrogens with zero attached hydrogens (tertiary/aromatic N) is 1. The topological polar surface area (TPSA) is 75.7 Å². The molecule has 4 rings (SSSR count). The van der Waals surface area contributed by atoms with Crippen molar-refractivity contribution in [1.29, 1.82) is 0 Å². The number of hydrogen-bond donors (Lipinski definition) is 1. The summed E-state index contributed by atoms with van der Waals surface area (Å²) in [5.74, 6) is -0.0602. The van der Waals surface area contributed by atoms with Gasteiger partial charge in [0.25, 0.3) is 5.91 Å². The Balaban J connectivity index is 1.49. The van der Waals surface area contributed by atoms with Crippen molar-refractivity contribution in [2.24, 2.45) is 5.41 Å². The van der Waals surface area contributed by atoms with Crippen molar-refractivity contribution in [3.8, 4) is 0 Å². The summed E-state index contributed by atoms with van der Waals surface area (Å²) >= 11 is 0. The average molecular weight is 378 g/mol. The molecule has 1 saturated carbocycles. The summed E-state index contributed by atoms with van der Waals surface area (Å²) in [5.41, 5.74) is 0.759. The Morgan fingerprint density at radius 3 is 2.77 bits per heavy atom. The Morgan fingerprint density at radius 1 is 1.23 bits per heavy atom. The first-order valence-electron chi connectivity index (χ1n) is 9.47. The van der Waals surface area contributed by atoms with E-state index in [9.17, 15) is 13.2 Å². The number of rotatable bonds is 4. The molecule has 2 aliphatic heterocycles. The zero-order chi connectivity index (χ0) is 18.2. The molecule has 7 heteroatoms. The number of sulfonamides is 1. The van der Waals surface area contributed by atoms with E-state index in [1.807, 2.05) is 4.90 Å². The molecule has 3 aliphatic rings. The monoisotopic (exact) mass is 378 g/mol. The number of hydrogen-bond acceptors (Lipinski definition) is 4. The van der Waals surface area contributed by atoms with E-state index < -0.39 is 10.0 Å². The van der Waals surface area contributed by atoms with Gasteiger partial charge >= 0.3 is 0 Å². The minimum atomic E-state index is -3.65. The lowest BCUT2D eigenvalue weighted by molar-refractivity contribution is 0.0773. The average Bonchev–Trinajstić information content (AvgIpc) is 3.38. The van der Waals surface area contributed by atoms with Gasteiger partial charge in [0.1, 0.15) is 0 Å². The lowest BCUT2D eigenvalue weighted by atomic mass is 9.86. The molecule has 0 aromatic heterocycles. The molecule has 0 bridgehead atoms. The third-order valence-corrected chi connectivity index (χ3v) is 7.55. The number of carbonyl (C=O) groups is 1. The molecule has 1 atom stereocenters. The van der Waals surface area contributed by atoms with Crippen molar-refractivity contribution >= 4 is 15.9 Å². The minimum Gasteiger partial charge on any atom is -0.380 e. The molecule has 3 fully saturated rings. The second kappa shape index (κ2) is 6.94. The van der Waals surface area contributed by atoms with Gasteiger partial charge in [0.15, 0.2) is 0 Å². The molecular formula is C19H26N2O4S. The summed E-state index contributed by atoms with van der Waals surface area (Å²) in [6.45, 7) is 2.55. The first-order valence-corrected chi connectivity index (χ1v) is 11.0. The predicted octanol–water partition coefficient (Wildman–Crippen LogP) is 2.16. The molecule has 1 aromatic carbocycles. The Hall–Kier alpha value is -1.44. The van der Waals surface area contributed by atoms with E-state index in [2.05, 4.69) is 4.72 Å². The lowest BCUT2D eigenvalue weighted by Crippen LogP contribution is -2.35. The van der Waals surface area contributed by atoms with Gasteiger partial charge in [-0.25, -0.2) is 13.1 Å². The molecule has 1 amide bonds. The third kappa shape index (κ3) is 3.52. The zero-order valence-corrected chi connectivity index (χ0v) is 15.8. The SMILES string of the molecule is O=C(c1cccc(S(=O)(=O)NC2CCOC2)c1)N1CCC2(CCCC2)C1. The molecule has 1 spiro atoms. The highest BCUT2D eigenvalue weighted by atomic mass is 32.2. The largest absolute Gasteiger partial charge is 0.380 e. The first kappa shape index (κ1) is 17.9. The van der Waals surface area contributed by atoms with Crippen molar-refractivity contribution in [2.75, 3.05) is 26.3 Å². The fourth-order valence-electron chi connectivity index (χ4n) is 4.54. The van der Waals surface area contributed by atoms with Crippen molar-refractivity contribution < 1.29 is 17.9 Å². The lowest BCUT2D eigenvalue weighted by Gasteiger charge is -2.23. The molecule has 0 radical (unpaired) electrons. The van der Waals surface area contributed by atoms with Crippen LogP contribution in [0.25, 0.3) is 0 Å². The first-order chi connectivity index (χ1) is 12.5. The fourth-order valence-corrected chi connectivity index (χ4v) is 5.84. The highest BCUT2D eigenvalue weighted by Crippen LogP contribution is 2.45. The smallest absolute Gasteiger partial charge is 0.253 e. The predicted molar refractivity (Wildman–Crippen MR) is 97.4 cm³/mol. The van der Waals surface area contributed by atoms with E-state index in [-0.39, 0.29) is 16.8 Å². The van der Waals surface area contributed by atoms with Crippen LogP contribution in [0.3, 0.4) is 0 Å². The quantitative estimate of drug-likeness (QED) is 0.871. The second-order valence-electron chi connectivity index (χ2n) is 7.89. The second-order valence-corrected chi connectivity index (χ2v) is 9.61. The molecule has 26 heavy (non-hydrogen) atoms. The molecule has 2 heterocycles. The molecular weight excluding hydrogens is 352 g/mol. The van der Waals surface area contributed by atoms with Gasteiger partial charge in [0, 0.05) is 31.3 Å². The van der Waals surface area contributed by atoms with Gasteiger partial charge in [-0.15, -0.1) is 0 Å². The van der Waals surface area contributed by atoms with E-state index in [1.165, 1.54) is 37.8 Å². The highest BCUT2D eigenvalue weighted by Gasteiger charge is 2.41. The number of likely N-dealkylation sites (tertiary alicyclic amines) is 1. The van der Waals surface area contributed by atoms with Gasteiger partial charge in [-0.2, -0.15) is 0 Å². The van der Waals surface area contributed by atoms with Crippen molar-refractivity contribution in [3.05, 3.63) is 29.8 Å². The normalized spacial score (nSPS) is 25.2. The number of nitrogens with one attached hydrogen (secondary N) is 1. The number of amides is 1. The van der Waals surface area contributed by atoms with Gasteiger partial charge in [-0.3, -0.25) is 4.79 Å². The zero-order valence-electron chi connectivity index (χ0n) is 14.9. The molecule has 6 nitrogen and oxygen atoms in total. The van der Waals surface area contributed by atoms with Gasteiger partial charge < -0.3 is 9.64 Å². The third-order valence-electron chi connectivity index (χ3n) is 6.03. The Morgan fingerprint density at radius 2 is 2.04 bits per heavy atom. The van der Waals surface area contributed by atoms with Crippen LogP contribution in [0.2, 0.25) is 0 Å². The van der Waals surface area contributed by atoms with Gasteiger partial charge in [0.05, 0.1) is 11.5 Å². The fraction of sp³-hybridized carbons (Fsp3) is 0.632. The van der Waals surface area contributed by atoms with Crippen LogP contribution in [0.4, 0.5) is 0 Å². The maximum Gasteiger partial charge on any atom is 0.253 e. The molecule has 1 aromatic rings. The molecule has 1 N–H and O–H groups in total. The van der Waals surface area contributed by atoms with Crippen LogP contribution in [-0.4, -0.2) is 51.6 Å². The molecule has 1 aliphatic carbocycles. The van der Waals surface area contributed by atoms with Crippen molar-refractivity contribution in [1.82, 2.24) is 9.62 Å².